The molecule has 5 nitrogen and oxygen atoms in total. The van der Waals surface area contributed by atoms with Crippen LogP contribution >= 0.6 is 0 Å². The van der Waals surface area contributed by atoms with Gasteiger partial charge in [-0.15, -0.1) is 0 Å². The molecule has 0 saturated carbocycles. The van der Waals surface area contributed by atoms with Gasteiger partial charge < -0.3 is 15.7 Å². The van der Waals surface area contributed by atoms with E-state index in [2.05, 4.69) is 14.9 Å². The summed E-state index contributed by atoms with van der Waals surface area (Å²) in [4.78, 5) is 11.1. The van der Waals surface area contributed by atoms with Crippen LogP contribution in [0.4, 0.5) is 5.95 Å². The molecule has 0 bridgehead atoms. The first-order chi connectivity index (χ1) is 8.22. The molecular formula is C12H20N4O. The van der Waals surface area contributed by atoms with Gasteiger partial charge in [0.05, 0.1) is 5.69 Å². The van der Waals surface area contributed by atoms with Crippen molar-refractivity contribution in [1.82, 2.24) is 9.97 Å². The van der Waals surface area contributed by atoms with Gasteiger partial charge in [-0.05, 0) is 31.7 Å². The Morgan fingerprint density at radius 2 is 2.35 bits per heavy atom. The SMILES string of the molecule is Cc1cc(CN)nc(N2CCCC(CO)C2)n1. The van der Waals surface area contributed by atoms with E-state index in [1.54, 1.807) is 0 Å². The second-order valence-electron chi connectivity index (χ2n) is 4.64. The molecular weight excluding hydrogens is 216 g/mol. The van der Waals surface area contributed by atoms with Gasteiger partial charge in [0.2, 0.25) is 5.95 Å². The molecule has 1 unspecified atom stereocenters. The first-order valence-electron chi connectivity index (χ1n) is 6.13. The number of hydrogen-bond donors (Lipinski definition) is 2. The highest BCUT2D eigenvalue weighted by atomic mass is 16.3. The third-order valence-corrected chi connectivity index (χ3v) is 3.16. The van der Waals surface area contributed by atoms with Crippen LogP contribution in [0, 0.1) is 12.8 Å². The summed E-state index contributed by atoms with van der Waals surface area (Å²) in [7, 11) is 0. The van der Waals surface area contributed by atoms with Crippen molar-refractivity contribution in [3.8, 4) is 0 Å². The summed E-state index contributed by atoms with van der Waals surface area (Å²) in [6, 6.07) is 1.91. The second-order valence-corrected chi connectivity index (χ2v) is 4.64. The lowest BCUT2D eigenvalue weighted by Crippen LogP contribution is -2.38. The van der Waals surface area contributed by atoms with Gasteiger partial charge in [0.15, 0.2) is 0 Å². The van der Waals surface area contributed by atoms with Gasteiger partial charge in [-0.2, -0.15) is 0 Å². The predicted molar refractivity (Wildman–Crippen MR) is 66.7 cm³/mol. The zero-order valence-corrected chi connectivity index (χ0v) is 10.3. The predicted octanol–water partition coefficient (Wildman–Crippen LogP) is 0.452. The molecule has 1 aromatic rings. The number of piperidine rings is 1. The molecule has 0 radical (unpaired) electrons. The molecule has 1 atom stereocenters. The van der Waals surface area contributed by atoms with E-state index in [0.29, 0.717) is 12.5 Å². The Labute approximate surface area is 102 Å². The molecule has 3 N–H and O–H groups in total. The summed E-state index contributed by atoms with van der Waals surface area (Å²) in [6.07, 6.45) is 2.17. The normalized spacial score (nSPS) is 20.6. The summed E-state index contributed by atoms with van der Waals surface area (Å²) in [5, 5.41) is 9.22. The van der Waals surface area contributed by atoms with Crippen molar-refractivity contribution in [2.75, 3.05) is 24.6 Å². The molecule has 5 heteroatoms. The van der Waals surface area contributed by atoms with E-state index >= 15 is 0 Å². The topological polar surface area (TPSA) is 75.3 Å². The van der Waals surface area contributed by atoms with Crippen molar-refractivity contribution >= 4 is 5.95 Å². The van der Waals surface area contributed by atoms with Crippen LogP contribution in [0.15, 0.2) is 6.07 Å². The van der Waals surface area contributed by atoms with E-state index in [0.717, 1.165) is 43.3 Å². The standard InChI is InChI=1S/C12H20N4O/c1-9-5-11(6-13)15-12(14-9)16-4-2-3-10(7-16)8-17/h5,10,17H,2-4,6-8,13H2,1H3. The third kappa shape index (κ3) is 2.92. The molecule has 1 aliphatic rings. The number of nitrogens with two attached hydrogens (primary N) is 1. The van der Waals surface area contributed by atoms with Crippen LogP contribution in [0.25, 0.3) is 0 Å². The van der Waals surface area contributed by atoms with Gasteiger partial charge in [-0.1, -0.05) is 0 Å². The van der Waals surface area contributed by atoms with Gasteiger partial charge in [0, 0.05) is 31.9 Å². The van der Waals surface area contributed by atoms with Crippen LogP contribution in [0.1, 0.15) is 24.2 Å². The van der Waals surface area contributed by atoms with Crippen molar-refractivity contribution in [2.45, 2.75) is 26.3 Å². The average Bonchev–Trinajstić information content (AvgIpc) is 2.38. The van der Waals surface area contributed by atoms with E-state index in [-0.39, 0.29) is 6.61 Å². The smallest absolute Gasteiger partial charge is 0.225 e. The van der Waals surface area contributed by atoms with Crippen molar-refractivity contribution in [2.24, 2.45) is 11.7 Å². The number of aliphatic hydroxyl groups is 1. The highest BCUT2D eigenvalue weighted by Gasteiger charge is 2.21. The lowest BCUT2D eigenvalue weighted by Gasteiger charge is -2.32. The zero-order chi connectivity index (χ0) is 12.3. The van der Waals surface area contributed by atoms with Crippen LogP contribution in [0.2, 0.25) is 0 Å². The fraction of sp³-hybridized carbons (Fsp3) is 0.667. The Hall–Kier alpha value is -1.20. The number of hydrogen-bond acceptors (Lipinski definition) is 5. The summed E-state index contributed by atoms with van der Waals surface area (Å²) in [5.41, 5.74) is 7.44. The number of rotatable bonds is 3. The van der Waals surface area contributed by atoms with Gasteiger partial charge in [0.25, 0.3) is 0 Å². The lowest BCUT2D eigenvalue weighted by molar-refractivity contribution is 0.208. The molecule has 94 valence electrons. The van der Waals surface area contributed by atoms with Crippen LogP contribution in [-0.2, 0) is 6.54 Å². The van der Waals surface area contributed by atoms with Gasteiger partial charge in [-0.3, -0.25) is 0 Å². The molecule has 0 spiro atoms. The molecule has 1 saturated heterocycles. The Kier molecular flexibility index (Phi) is 3.91. The second kappa shape index (κ2) is 5.42. The van der Waals surface area contributed by atoms with Crippen molar-refractivity contribution < 1.29 is 5.11 Å². The molecule has 17 heavy (non-hydrogen) atoms. The Morgan fingerprint density at radius 1 is 1.53 bits per heavy atom. The number of aromatic nitrogens is 2. The monoisotopic (exact) mass is 236 g/mol. The lowest BCUT2D eigenvalue weighted by atomic mass is 9.99. The molecule has 2 rings (SSSR count). The highest BCUT2D eigenvalue weighted by molar-refractivity contribution is 5.33. The first kappa shape index (κ1) is 12.3. The van der Waals surface area contributed by atoms with E-state index in [1.165, 1.54) is 0 Å². The molecule has 1 aliphatic heterocycles. The minimum absolute atomic E-state index is 0.242. The Morgan fingerprint density at radius 3 is 3.06 bits per heavy atom. The van der Waals surface area contributed by atoms with Crippen LogP contribution in [0.5, 0.6) is 0 Å². The van der Waals surface area contributed by atoms with Crippen molar-refractivity contribution in [3.05, 3.63) is 17.5 Å². The largest absolute Gasteiger partial charge is 0.396 e. The number of aliphatic hydroxyl groups excluding tert-OH is 1. The highest BCUT2D eigenvalue weighted by Crippen LogP contribution is 2.20. The van der Waals surface area contributed by atoms with Gasteiger partial charge in [-0.25, -0.2) is 9.97 Å². The average molecular weight is 236 g/mol. The van der Waals surface area contributed by atoms with Crippen LogP contribution < -0.4 is 10.6 Å². The van der Waals surface area contributed by atoms with Gasteiger partial charge in [0.1, 0.15) is 0 Å². The van der Waals surface area contributed by atoms with E-state index in [1.807, 2.05) is 13.0 Å². The summed E-state index contributed by atoms with van der Waals surface area (Å²) >= 11 is 0. The zero-order valence-electron chi connectivity index (χ0n) is 10.3. The first-order valence-corrected chi connectivity index (χ1v) is 6.13. The fourth-order valence-corrected chi connectivity index (χ4v) is 2.26. The summed E-state index contributed by atoms with van der Waals surface area (Å²) in [6.45, 7) is 4.44. The quantitative estimate of drug-likeness (QED) is 0.797. The van der Waals surface area contributed by atoms with E-state index < -0.39 is 0 Å². The molecule has 1 aromatic heterocycles. The van der Waals surface area contributed by atoms with E-state index in [4.69, 9.17) is 5.73 Å². The van der Waals surface area contributed by atoms with Crippen molar-refractivity contribution in [3.63, 3.8) is 0 Å². The van der Waals surface area contributed by atoms with Crippen LogP contribution in [0.3, 0.4) is 0 Å². The number of aryl methyl sites for hydroxylation is 1. The Bertz CT molecular complexity index is 383. The molecule has 1 fully saturated rings. The maximum atomic E-state index is 9.22. The summed E-state index contributed by atoms with van der Waals surface area (Å²) in [5.74, 6) is 1.10. The number of anilines is 1. The van der Waals surface area contributed by atoms with Crippen molar-refractivity contribution in [1.29, 1.82) is 0 Å². The van der Waals surface area contributed by atoms with E-state index in [9.17, 15) is 5.11 Å². The van der Waals surface area contributed by atoms with Gasteiger partial charge >= 0.3 is 0 Å². The molecule has 0 amide bonds. The molecule has 2 heterocycles. The van der Waals surface area contributed by atoms with Crippen LogP contribution in [-0.4, -0.2) is 34.8 Å². The fourth-order valence-electron chi connectivity index (χ4n) is 2.26. The minimum atomic E-state index is 0.242. The number of nitrogens with zero attached hydrogens (tertiary/aromatic N) is 3. The maximum Gasteiger partial charge on any atom is 0.225 e. The summed E-state index contributed by atoms with van der Waals surface area (Å²) < 4.78 is 0. The third-order valence-electron chi connectivity index (χ3n) is 3.16. The molecule has 0 aromatic carbocycles. The molecule has 0 aliphatic carbocycles. The minimum Gasteiger partial charge on any atom is -0.396 e. The Balaban J connectivity index is 2.18. The maximum absolute atomic E-state index is 9.22.